The summed E-state index contributed by atoms with van der Waals surface area (Å²) < 4.78 is 5.53. The highest BCUT2D eigenvalue weighted by molar-refractivity contribution is 6.06. The standard InChI is InChI=1S/C29H27N3O3/c1-20-9-5-7-13-24(20)31-27(33)19-35-29(34)28-22-12-6-8-14-25(22)30-26-15-16-32(18-23(26)28)17-21-10-3-2-4-11-21/h2-14H,15-19H2,1H3,(H,31,33). The lowest BCUT2D eigenvalue weighted by Crippen LogP contribution is -2.32. The average molecular weight is 466 g/mol. The maximum absolute atomic E-state index is 13.4. The van der Waals surface area contributed by atoms with E-state index in [1.807, 2.05) is 73.7 Å². The van der Waals surface area contributed by atoms with E-state index in [4.69, 9.17) is 9.72 Å². The van der Waals surface area contributed by atoms with E-state index in [1.54, 1.807) is 0 Å². The largest absolute Gasteiger partial charge is 0.452 e. The topological polar surface area (TPSA) is 71.5 Å². The van der Waals surface area contributed by atoms with Crippen LogP contribution in [0.15, 0.2) is 78.9 Å². The fraction of sp³-hybridized carbons (Fsp3) is 0.207. The number of ether oxygens (including phenoxy) is 1. The molecule has 0 fully saturated rings. The Morgan fingerprint density at radius 3 is 2.54 bits per heavy atom. The number of nitrogens with one attached hydrogen (secondary N) is 1. The third kappa shape index (κ3) is 5.08. The smallest absolute Gasteiger partial charge is 0.339 e. The quantitative estimate of drug-likeness (QED) is 0.410. The zero-order valence-corrected chi connectivity index (χ0v) is 19.7. The number of amides is 1. The Morgan fingerprint density at radius 2 is 1.71 bits per heavy atom. The van der Waals surface area contributed by atoms with Crippen molar-refractivity contribution in [2.75, 3.05) is 18.5 Å². The van der Waals surface area contributed by atoms with Crippen molar-refractivity contribution in [1.29, 1.82) is 0 Å². The number of nitrogens with zero attached hydrogens (tertiary/aromatic N) is 2. The molecule has 1 aliphatic rings. The number of hydrogen-bond donors (Lipinski definition) is 1. The lowest BCUT2D eigenvalue weighted by molar-refractivity contribution is -0.119. The van der Waals surface area contributed by atoms with Gasteiger partial charge in [0.2, 0.25) is 0 Å². The first-order valence-corrected chi connectivity index (χ1v) is 11.8. The van der Waals surface area contributed by atoms with Gasteiger partial charge in [-0.05, 0) is 30.2 Å². The zero-order valence-electron chi connectivity index (χ0n) is 19.7. The van der Waals surface area contributed by atoms with Crippen LogP contribution in [0, 0.1) is 6.92 Å². The average Bonchev–Trinajstić information content (AvgIpc) is 2.88. The molecule has 2 heterocycles. The molecule has 5 rings (SSSR count). The van der Waals surface area contributed by atoms with Gasteiger partial charge in [-0.1, -0.05) is 66.7 Å². The highest BCUT2D eigenvalue weighted by Gasteiger charge is 2.27. The molecular weight excluding hydrogens is 438 g/mol. The minimum absolute atomic E-state index is 0.355. The normalized spacial score (nSPS) is 13.3. The molecule has 1 aliphatic heterocycles. The van der Waals surface area contributed by atoms with Crippen LogP contribution in [-0.2, 0) is 29.0 Å². The second-order valence-electron chi connectivity index (χ2n) is 8.81. The number of aromatic nitrogens is 1. The molecule has 176 valence electrons. The van der Waals surface area contributed by atoms with Gasteiger partial charge in [0, 0.05) is 48.4 Å². The van der Waals surface area contributed by atoms with E-state index in [0.717, 1.165) is 47.2 Å². The maximum atomic E-state index is 13.4. The van der Waals surface area contributed by atoms with Crippen molar-refractivity contribution in [3.8, 4) is 0 Å². The monoisotopic (exact) mass is 465 g/mol. The van der Waals surface area contributed by atoms with E-state index in [1.165, 1.54) is 5.56 Å². The van der Waals surface area contributed by atoms with Crippen molar-refractivity contribution in [2.24, 2.45) is 0 Å². The van der Waals surface area contributed by atoms with Crippen molar-refractivity contribution in [3.05, 3.63) is 107 Å². The molecule has 3 aromatic carbocycles. The second kappa shape index (κ2) is 10.1. The van der Waals surface area contributed by atoms with Crippen molar-refractivity contribution in [1.82, 2.24) is 9.88 Å². The van der Waals surface area contributed by atoms with E-state index in [0.29, 0.717) is 17.8 Å². The molecule has 4 aromatic rings. The number of fused-ring (bicyclic) bond motifs is 2. The minimum Gasteiger partial charge on any atom is -0.452 e. The summed E-state index contributed by atoms with van der Waals surface area (Å²) in [6.45, 7) is 3.81. The first-order valence-electron chi connectivity index (χ1n) is 11.8. The predicted octanol–water partition coefficient (Wildman–Crippen LogP) is 4.90. The number of carbonyl (C=O) groups excluding carboxylic acids is 2. The number of benzene rings is 3. The molecule has 0 saturated heterocycles. The van der Waals surface area contributed by atoms with Crippen LogP contribution in [0.2, 0.25) is 0 Å². The molecular formula is C29H27N3O3. The van der Waals surface area contributed by atoms with Crippen molar-refractivity contribution < 1.29 is 14.3 Å². The molecule has 0 radical (unpaired) electrons. The molecule has 35 heavy (non-hydrogen) atoms. The van der Waals surface area contributed by atoms with Gasteiger partial charge in [0.05, 0.1) is 11.1 Å². The highest BCUT2D eigenvalue weighted by Crippen LogP contribution is 2.29. The molecule has 6 heteroatoms. The summed E-state index contributed by atoms with van der Waals surface area (Å²) in [5.41, 5.74) is 5.95. The molecule has 0 atom stereocenters. The lowest BCUT2D eigenvalue weighted by atomic mass is 9.95. The molecule has 0 saturated carbocycles. The number of hydrogen-bond acceptors (Lipinski definition) is 5. The van der Waals surface area contributed by atoms with Gasteiger partial charge in [-0.25, -0.2) is 4.79 Å². The Morgan fingerprint density at radius 1 is 0.971 bits per heavy atom. The molecule has 1 N–H and O–H groups in total. The van der Waals surface area contributed by atoms with Crippen LogP contribution in [0.1, 0.15) is 32.7 Å². The van der Waals surface area contributed by atoms with Crippen LogP contribution in [0.5, 0.6) is 0 Å². The third-order valence-corrected chi connectivity index (χ3v) is 6.33. The van der Waals surface area contributed by atoms with Gasteiger partial charge >= 0.3 is 5.97 Å². The van der Waals surface area contributed by atoms with Crippen molar-refractivity contribution in [3.63, 3.8) is 0 Å². The van der Waals surface area contributed by atoms with Gasteiger partial charge in [0.15, 0.2) is 6.61 Å². The first kappa shape index (κ1) is 22.7. The van der Waals surface area contributed by atoms with E-state index in [2.05, 4.69) is 22.3 Å². The SMILES string of the molecule is Cc1ccccc1NC(=O)COC(=O)c1c2c(nc3ccccc13)CCN(Cc1ccccc1)C2. The molecule has 0 aliphatic carbocycles. The fourth-order valence-corrected chi connectivity index (χ4v) is 4.56. The number of para-hydroxylation sites is 2. The van der Waals surface area contributed by atoms with Crippen LogP contribution in [0.4, 0.5) is 5.69 Å². The Kier molecular flexibility index (Phi) is 6.55. The fourth-order valence-electron chi connectivity index (χ4n) is 4.56. The Bertz CT molecular complexity index is 1380. The summed E-state index contributed by atoms with van der Waals surface area (Å²) in [4.78, 5) is 33.0. The molecule has 0 spiro atoms. The summed E-state index contributed by atoms with van der Waals surface area (Å²) in [7, 11) is 0. The van der Waals surface area contributed by atoms with Gasteiger partial charge in [-0.3, -0.25) is 14.7 Å². The number of carbonyl (C=O) groups is 2. The first-order chi connectivity index (χ1) is 17.1. The molecule has 0 bridgehead atoms. The van der Waals surface area contributed by atoms with Crippen LogP contribution < -0.4 is 5.32 Å². The van der Waals surface area contributed by atoms with E-state index in [-0.39, 0.29) is 12.5 Å². The number of rotatable bonds is 6. The number of anilines is 1. The third-order valence-electron chi connectivity index (χ3n) is 6.33. The summed E-state index contributed by atoms with van der Waals surface area (Å²) in [5.74, 6) is -0.869. The number of esters is 1. The van der Waals surface area contributed by atoms with Crippen LogP contribution in [0.25, 0.3) is 10.9 Å². The molecule has 1 amide bonds. The zero-order chi connectivity index (χ0) is 24.2. The summed E-state index contributed by atoms with van der Waals surface area (Å²) in [5, 5.41) is 3.56. The highest BCUT2D eigenvalue weighted by atomic mass is 16.5. The Balaban J connectivity index is 1.38. The van der Waals surface area contributed by atoms with E-state index >= 15 is 0 Å². The van der Waals surface area contributed by atoms with Crippen molar-refractivity contribution in [2.45, 2.75) is 26.4 Å². The van der Waals surface area contributed by atoms with Gasteiger partial charge in [-0.2, -0.15) is 0 Å². The number of pyridine rings is 1. The van der Waals surface area contributed by atoms with Crippen LogP contribution in [0.3, 0.4) is 0 Å². The van der Waals surface area contributed by atoms with Crippen LogP contribution >= 0.6 is 0 Å². The molecule has 6 nitrogen and oxygen atoms in total. The second-order valence-corrected chi connectivity index (χ2v) is 8.81. The van der Waals surface area contributed by atoms with Gasteiger partial charge in [0.1, 0.15) is 0 Å². The summed E-state index contributed by atoms with van der Waals surface area (Å²) in [6, 6.07) is 25.4. The van der Waals surface area contributed by atoms with E-state index in [9.17, 15) is 9.59 Å². The maximum Gasteiger partial charge on any atom is 0.339 e. The Labute approximate surface area is 204 Å². The number of aryl methyl sites for hydroxylation is 1. The van der Waals surface area contributed by atoms with Gasteiger partial charge < -0.3 is 10.1 Å². The lowest BCUT2D eigenvalue weighted by Gasteiger charge is -2.30. The van der Waals surface area contributed by atoms with Gasteiger partial charge in [-0.15, -0.1) is 0 Å². The Hall–Kier alpha value is -4.03. The summed E-state index contributed by atoms with van der Waals surface area (Å²) >= 11 is 0. The minimum atomic E-state index is -0.499. The molecule has 1 aromatic heterocycles. The molecule has 0 unspecified atom stereocenters. The summed E-state index contributed by atoms with van der Waals surface area (Å²) in [6.07, 6.45) is 0.751. The van der Waals surface area contributed by atoms with Crippen molar-refractivity contribution >= 4 is 28.5 Å². The van der Waals surface area contributed by atoms with Crippen LogP contribution in [-0.4, -0.2) is 34.9 Å². The predicted molar refractivity (Wildman–Crippen MR) is 136 cm³/mol. The van der Waals surface area contributed by atoms with E-state index < -0.39 is 5.97 Å². The van der Waals surface area contributed by atoms with Gasteiger partial charge in [0.25, 0.3) is 5.91 Å².